The fourth-order valence-electron chi connectivity index (χ4n) is 3.26. The molecule has 0 spiro atoms. The molecule has 1 atom stereocenters. The molecule has 0 bridgehead atoms. The minimum Gasteiger partial charge on any atom is -0.305 e. The Balaban J connectivity index is 1.90. The number of nitrogens with one attached hydrogen (secondary N) is 1. The lowest BCUT2D eigenvalue weighted by Crippen LogP contribution is -2.44. The van der Waals surface area contributed by atoms with Gasteiger partial charge in [-0.2, -0.15) is 0 Å². The van der Waals surface area contributed by atoms with Crippen LogP contribution in [-0.4, -0.2) is 35.3 Å². The monoisotopic (exact) mass is 280 g/mol. The number of rotatable bonds is 5. The van der Waals surface area contributed by atoms with Crippen molar-refractivity contribution in [1.82, 2.24) is 10.2 Å². The fraction of sp³-hybridized carbons (Fsp3) is 0.875. The van der Waals surface area contributed by atoms with Crippen LogP contribution < -0.4 is 5.32 Å². The van der Waals surface area contributed by atoms with Gasteiger partial charge in [0.05, 0.1) is 12.5 Å². The second kappa shape index (κ2) is 7.21. The molecule has 1 saturated carbocycles. The molecule has 114 valence electrons. The zero-order chi connectivity index (χ0) is 14.5. The summed E-state index contributed by atoms with van der Waals surface area (Å²) in [5, 5.41) is 3.27. The molecule has 20 heavy (non-hydrogen) atoms. The lowest BCUT2D eigenvalue weighted by atomic mass is 10.1. The van der Waals surface area contributed by atoms with Gasteiger partial charge in [-0.15, -0.1) is 0 Å². The smallest absolute Gasteiger partial charge is 0.247 e. The highest BCUT2D eigenvalue weighted by molar-refractivity contribution is 6.05. The number of likely N-dealkylation sites (tertiary alicyclic amines) is 1. The molecule has 1 aliphatic heterocycles. The first-order valence-corrected chi connectivity index (χ1v) is 8.19. The van der Waals surface area contributed by atoms with Gasteiger partial charge in [0, 0.05) is 6.04 Å². The third-order valence-electron chi connectivity index (χ3n) is 4.49. The predicted molar refractivity (Wildman–Crippen MR) is 79.2 cm³/mol. The maximum absolute atomic E-state index is 12.4. The van der Waals surface area contributed by atoms with Crippen molar-refractivity contribution in [3.63, 3.8) is 0 Å². The molecule has 0 aromatic carbocycles. The second-order valence-electron chi connectivity index (χ2n) is 6.64. The van der Waals surface area contributed by atoms with Gasteiger partial charge in [0.15, 0.2) is 0 Å². The largest absolute Gasteiger partial charge is 0.305 e. The molecular formula is C16H28N2O2. The fourth-order valence-corrected chi connectivity index (χ4v) is 3.26. The molecule has 1 aliphatic carbocycles. The summed E-state index contributed by atoms with van der Waals surface area (Å²) in [5.74, 6) is 0.669. The van der Waals surface area contributed by atoms with E-state index in [4.69, 9.17) is 0 Å². The first-order valence-electron chi connectivity index (χ1n) is 8.19. The Labute approximate surface area is 122 Å². The molecular weight excluding hydrogens is 252 g/mol. The van der Waals surface area contributed by atoms with E-state index in [-0.39, 0.29) is 23.9 Å². The summed E-state index contributed by atoms with van der Waals surface area (Å²) in [4.78, 5) is 26.2. The Bertz CT molecular complexity index is 346. The van der Waals surface area contributed by atoms with Gasteiger partial charge >= 0.3 is 0 Å². The van der Waals surface area contributed by atoms with E-state index in [0.717, 1.165) is 38.6 Å². The number of nitrogens with zero attached hydrogens (tertiary/aromatic N) is 1. The van der Waals surface area contributed by atoms with Crippen LogP contribution in [0.25, 0.3) is 0 Å². The molecule has 1 heterocycles. The molecule has 0 aromatic rings. The summed E-state index contributed by atoms with van der Waals surface area (Å²) in [6.07, 6.45) is 8.16. The molecule has 1 saturated heterocycles. The predicted octanol–water partition coefficient (Wildman–Crippen LogP) is 2.47. The zero-order valence-electron chi connectivity index (χ0n) is 12.9. The molecule has 4 nitrogen and oxygen atoms in total. The highest BCUT2D eigenvalue weighted by Crippen LogP contribution is 2.26. The summed E-state index contributed by atoms with van der Waals surface area (Å²) >= 11 is 0. The first-order chi connectivity index (χ1) is 9.59. The summed E-state index contributed by atoms with van der Waals surface area (Å²) < 4.78 is 0. The van der Waals surface area contributed by atoms with Gasteiger partial charge in [-0.3, -0.25) is 14.5 Å². The molecule has 0 aromatic heterocycles. The maximum Gasteiger partial charge on any atom is 0.247 e. The molecule has 2 fully saturated rings. The van der Waals surface area contributed by atoms with Crippen LogP contribution >= 0.6 is 0 Å². The molecule has 1 unspecified atom stereocenters. The van der Waals surface area contributed by atoms with Crippen molar-refractivity contribution < 1.29 is 9.59 Å². The molecule has 0 radical (unpaired) electrons. The third-order valence-corrected chi connectivity index (χ3v) is 4.49. The lowest BCUT2D eigenvalue weighted by molar-refractivity contribution is -0.141. The quantitative estimate of drug-likeness (QED) is 0.622. The minimum atomic E-state index is -0.274. The maximum atomic E-state index is 12.4. The number of imide groups is 1. The van der Waals surface area contributed by atoms with E-state index in [0.29, 0.717) is 12.3 Å². The van der Waals surface area contributed by atoms with E-state index >= 15 is 0 Å². The lowest BCUT2D eigenvalue weighted by Gasteiger charge is -2.25. The van der Waals surface area contributed by atoms with Gasteiger partial charge in [-0.05, 0) is 31.7 Å². The van der Waals surface area contributed by atoms with Crippen molar-refractivity contribution >= 4 is 11.8 Å². The Morgan fingerprint density at radius 1 is 1.15 bits per heavy atom. The van der Waals surface area contributed by atoms with E-state index < -0.39 is 0 Å². The van der Waals surface area contributed by atoms with Crippen molar-refractivity contribution in [3.05, 3.63) is 0 Å². The topological polar surface area (TPSA) is 49.4 Å². The van der Waals surface area contributed by atoms with E-state index in [2.05, 4.69) is 19.2 Å². The molecule has 4 heteroatoms. The van der Waals surface area contributed by atoms with Gasteiger partial charge in [0.2, 0.25) is 11.8 Å². The van der Waals surface area contributed by atoms with Crippen LogP contribution in [0.1, 0.15) is 65.2 Å². The summed E-state index contributed by atoms with van der Waals surface area (Å²) in [6, 6.07) is -0.112. The standard InChI is InChI=1S/C16H28N2O2/c1-12(2)9-10-17-14-11-15(19)18(16(14)20)13-7-5-3-4-6-8-13/h12-14,17H,3-11H2,1-2H3. The first kappa shape index (κ1) is 15.5. The van der Waals surface area contributed by atoms with Crippen molar-refractivity contribution in [3.8, 4) is 0 Å². The normalized spacial score (nSPS) is 25.6. The number of hydrogen-bond acceptors (Lipinski definition) is 3. The van der Waals surface area contributed by atoms with Crippen LogP contribution in [0.15, 0.2) is 0 Å². The number of carbonyl (C=O) groups is 2. The Morgan fingerprint density at radius 2 is 1.80 bits per heavy atom. The van der Waals surface area contributed by atoms with Crippen molar-refractivity contribution in [2.75, 3.05) is 6.54 Å². The highest BCUT2D eigenvalue weighted by Gasteiger charge is 2.41. The van der Waals surface area contributed by atoms with Crippen LogP contribution in [-0.2, 0) is 9.59 Å². The van der Waals surface area contributed by atoms with Crippen LogP contribution in [0.3, 0.4) is 0 Å². The Hall–Kier alpha value is -0.900. The third kappa shape index (κ3) is 3.81. The Kier molecular flexibility index (Phi) is 5.58. The molecule has 1 N–H and O–H groups in total. The van der Waals surface area contributed by atoms with Crippen molar-refractivity contribution in [2.24, 2.45) is 5.92 Å². The number of hydrogen-bond donors (Lipinski definition) is 1. The van der Waals surface area contributed by atoms with E-state index in [1.807, 2.05) is 0 Å². The SMILES string of the molecule is CC(C)CCNC1CC(=O)N(C2CCCCCC2)C1=O. The van der Waals surface area contributed by atoms with Crippen LogP contribution in [0.2, 0.25) is 0 Å². The number of carbonyl (C=O) groups excluding carboxylic acids is 2. The summed E-state index contributed by atoms with van der Waals surface area (Å²) in [5.41, 5.74) is 0. The Morgan fingerprint density at radius 3 is 2.40 bits per heavy atom. The molecule has 2 aliphatic rings. The zero-order valence-corrected chi connectivity index (χ0v) is 12.9. The summed E-state index contributed by atoms with van der Waals surface area (Å²) in [7, 11) is 0. The van der Waals surface area contributed by atoms with Gasteiger partial charge in [-0.25, -0.2) is 0 Å². The van der Waals surface area contributed by atoms with Crippen LogP contribution in [0.5, 0.6) is 0 Å². The average molecular weight is 280 g/mol. The molecule has 2 amide bonds. The van der Waals surface area contributed by atoms with Gasteiger partial charge < -0.3 is 5.32 Å². The van der Waals surface area contributed by atoms with Gasteiger partial charge in [0.1, 0.15) is 0 Å². The minimum absolute atomic E-state index is 0.0191. The van der Waals surface area contributed by atoms with Crippen molar-refractivity contribution in [1.29, 1.82) is 0 Å². The van der Waals surface area contributed by atoms with Crippen LogP contribution in [0.4, 0.5) is 0 Å². The second-order valence-corrected chi connectivity index (χ2v) is 6.64. The highest BCUT2D eigenvalue weighted by atomic mass is 16.2. The van der Waals surface area contributed by atoms with Crippen molar-refractivity contribution in [2.45, 2.75) is 77.3 Å². The average Bonchev–Trinajstić information content (AvgIpc) is 2.60. The van der Waals surface area contributed by atoms with E-state index in [9.17, 15) is 9.59 Å². The van der Waals surface area contributed by atoms with Crippen LogP contribution in [0, 0.1) is 5.92 Å². The van der Waals surface area contributed by atoms with Gasteiger partial charge in [0.25, 0.3) is 0 Å². The van der Waals surface area contributed by atoms with E-state index in [1.54, 1.807) is 4.90 Å². The number of amides is 2. The van der Waals surface area contributed by atoms with Gasteiger partial charge in [-0.1, -0.05) is 39.5 Å². The summed E-state index contributed by atoms with van der Waals surface area (Å²) in [6.45, 7) is 5.15. The van der Waals surface area contributed by atoms with E-state index in [1.165, 1.54) is 12.8 Å². The molecule has 2 rings (SSSR count).